The van der Waals surface area contributed by atoms with Crippen molar-refractivity contribution in [3.8, 4) is 12.3 Å². The van der Waals surface area contributed by atoms with E-state index in [-0.39, 0.29) is 17.9 Å². The zero-order chi connectivity index (χ0) is 10.1. The molecule has 0 radical (unpaired) electrons. The lowest BCUT2D eigenvalue weighted by atomic mass is 10.0. The van der Waals surface area contributed by atoms with Gasteiger partial charge in [-0.2, -0.15) is 0 Å². The van der Waals surface area contributed by atoms with Crippen LogP contribution in [-0.4, -0.2) is 17.5 Å². The molecule has 1 aliphatic rings. The number of nitrogens with two attached hydrogens (primary N) is 1. The van der Waals surface area contributed by atoms with E-state index in [4.69, 9.17) is 12.2 Å². The highest BCUT2D eigenvalue weighted by atomic mass is 16.2. The number of amides is 1. The van der Waals surface area contributed by atoms with Crippen LogP contribution in [0.3, 0.4) is 0 Å². The van der Waals surface area contributed by atoms with Gasteiger partial charge in [0, 0.05) is 0 Å². The van der Waals surface area contributed by atoms with Gasteiger partial charge in [0.25, 0.3) is 0 Å². The molecule has 72 valence electrons. The first-order chi connectivity index (χ1) is 5.99. The summed E-state index contributed by atoms with van der Waals surface area (Å²) in [7, 11) is 0. The van der Waals surface area contributed by atoms with E-state index in [2.05, 4.69) is 11.2 Å². The SMILES string of the molecule is C#CC(NC(=O)C1(N)CC1)C(C)C. The molecule has 13 heavy (non-hydrogen) atoms. The highest BCUT2D eigenvalue weighted by molar-refractivity contribution is 5.89. The first kappa shape index (κ1) is 10.1. The lowest BCUT2D eigenvalue weighted by molar-refractivity contribution is -0.123. The van der Waals surface area contributed by atoms with Crippen molar-refractivity contribution in [2.75, 3.05) is 0 Å². The molecule has 0 aliphatic heterocycles. The predicted molar refractivity (Wildman–Crippen MR) is 51.8 cm³/mol. The first-order valence-electron chi connectivity index (χ1n) is 4.55. The van der Waals surface area contributed by atoms with Crippen LogP contribution in [0, 0.1) is 18.3 Å². The van der Waals surface area contributed by atoms with Crippen molar-refractivity contribution in [1.82, 2.24) is 5.32 Å². The molecule has 1 saturated carbocycles. The summed E-state index contributed by atoms with van der Waals surface area (Å²) in [5, 5.41) is 2.77. The number of carbonyl (C=O) groups is 1. The highest BCUT2D eigenvalue weighted by Gasteiger charge is 2.46. The topological polar surface area (TPSA) is 55.1 Å². The van der Waals surface area contributed by atoms with Crippen LogP contribution in [0.4, 0.5) is 0 Å². The molecule has 0 aromatic carbocycles. The fourth-order valence-electron chi connectivity index (χ4n) is 1.05. The van der Waals surface area contributed by atoms with Gasteiger partial charge in [-0.15, -0.1) is 6.42 Å². The van der Waals surface area contributed by atoms with Crippen LogP contribution in [0.25, 0.3) is 0 Å². The maximum absolute atomic E-state index is 11.5. The normalized spacial score (nSPS) is 20.5. The maximum atomic E-state index is 11.5. The van der Waals surface area contributed by atoms with E-state index in [1.807, 2.05) is 13.8 Å². The van der Waals surface area contributed by atoms with Gasteiger partial charge in [-0.3, -0.25) is 4.79 Å². The number of hydrogen-bond donors (Lipinski definition) is 2. The Morgan fingerprint density at radius 1 is 1.62 bits per heavy atom. The Labute approximate surface area is 79.1 Å². The molecule has 1 amide bonds. The minimum absolute atomic E-state index is 0.107. The molecule has 3 N–H and O–H groups in total. The quantitative estimate of drug-likeness (QED) is 0.612. The van der Waals surface area contributed by atoms with Gasteiger partial charge in [0.15, 0.2) is 0 Å². The molecule has 0 aromatic rings. The third-order valence-corrected chi connectivity index (χ3v) is 2.37. The summed E-state index contributed by atoms with van der Waals surface area (Å²) in [6.07, 6.45) is 6.82. The highest BCUT2D eigenvalue weighted by Crippen LogP contribution is 2.32. The summed E-state index contributed by atoms with van der Waals surface area (Å²) >= 11 is 0. The number of rotatable bonds is 3. The van der Waals surface area contributed by atoms with Crippen molar-refractivity contribution in [2.24, 2.45) is 11.7 Å². The Balaban J connectivity index is 2.48. The molecule has 1 atom stereocenters. The van der Waals surface area contributed by atoms with Crippen LogP contribution in [0.1, 0.15) is 26.7 Å². The Morgan fingerprint density at radius 2 is 2.15 bits per heavy atom. The zero-order valence-corrected chi connectivity index (χ0v) is 8.13. The predicted octanol–water partition coefficient (Wildman–Crippen LogP) is 0.252. The zero-order valence-electron chi connectivity index (χ0n) is 8.13. The molecule has 1 rings (SSSR count). The summed E-state index contributed by atoms with van der Waals surface area (Å²) in [4.78, 5) is 11.5. The van der Waals surface area contributed by atoms with Crippen LogP contribution in [0.2, 0.25) is 0 Å². The van der Waals surface area contributed by atoms with Gasteiger partial charge in [-0.1, -0.05) is 19.8 Å². The van der Waals surface area contributed by atoms with Crippen molar-refractivity contribution >= 4 is 5.91 Å². The minimum atomic E-state index is -0.621. The average molecular weight is 180 g/mol. The Bertz CT molecular complexity index is 248. The minimum Gasteiger partial charge on any atom is -0.341 e. The molecule has 1 aliphatic carbocycles. The van der Waals surface area contributed by atoms with E-state index < -0.39 is 5.54 Å². The monoisotopic (exact) mass is 180 g/mol. The van der Waals surface area contributed by atoms with Gasteiger partial charge in [0.2, 0.25) is 5.91 Å². The third-order valence-electron chi connectivity index (χ3n) is 2.37. The van der Waals surface area contributed by atoms with E-state index in [9.17, 15) is 4.79 Å². The van der Waals surface area contributed by atoms with Crippen molar-refractivity contribution < 1.29 is 4.79 Å². The fourth-order valence-corrected chi connectivity index (χ4v) is 1.05. The van der Waals surface area contributed by atoms with E-state index in [0.29, 0.717) is 0 Å². The summed E-state index contributed by atoms with van der Waals surface area (Å²) in [6.45, 7) is 3.95. The Hall–Kier alpha value is -1.01. The summed E-state index contributed by atoms with van der Waals surface area (Å²) < 4.78 is 0. The second kappa shape index (κ2) is 3.39. The van der Waals surface area contributed by atoms with Crippen molar-refractivity contribution in [2.45, 2.75) is 38.3 Å². The van der Waals surface area contributed by atoms with Gasteiger partial charge < -0.3 is 11.1 Å². The smallest absolute Gasteiger partial charge is 0.241 e. The van der Waals surface area contributed by atoms with Crippen molar-refractivity contribution in [3.05, 3.63) is 0 Å². The largest absolute Gasteiger partial charge is 0.341 e. The molecule has 3 heteroatoms. The molecule has 0 heterocycles. The van der Waals surface area contributed by atoms with Crippen LogP contribution >= 0.6 is 0 Å². The van der Waals surface area contributed by atoms with Gasteiger partial charge in [0.05, 0.1) is 11.6 Å². The lowest BCUT2D eigenvalue weighted by Crippen LogP contribution is -2.48. The second-order valence-electron chi connectivity index (χ2n) is 4.02. The number of terminal acetylenes is 1. The van der Waals surface area contributed by atoms with E-state index in [0.717, 1.165) is 12.8 Å². The Morgan fingerprint density at radius 3 is 2.46 bits per heavy atom. The lowest BCUT2D eigenvalue weighted by Gasteiger charge is -2.18. The molecule has 0 bridgehead atoms. The Kier molecular flexibility index (Phi) is 2.63. The first-order valence-corrected chi connectivity index (χ1v) is 4.55. The van der Waals surface area contributed by atoms with Crippen LogP contribution in [0.15, 0.2) is 0 Å². The number of hydrogen-bond acceptors (Lipinski definition) is 2. The molecular formula is C10H16N2O. The molecule has 0 aromatic heterocycles. The molecule has 0 spiro atoms. The van der Waals surface area contributed by atoms with Crippen LogP contribution in [-0.2, 0) is 4.79 Å². The summed E-state index contributed by atoms with van der Waals surface area (Å²) in [5.41, 5.74) is 5.09. The van der Waals surface area contributed by atoms with Crippen LogP contribution < -0.4 is 11.1 Å². The summed E-state index contributed by atoms with van der Waals surface area (Å²) in [5.74, 6) is 2.68. The molecule has 0 saturated heterocycles. The average Bonchev–Trinajstić information content (AvgIpc) is 2.79. The summed E-state index contributed by atoms with van der Waals surface area (Å²) in [6, 6.07) is -0.200. The second-order valence-corrected chi connectivity index (χ2v) is 4.02. The van der Waals surface area contributed by atoms with Gasteiger partial charge in [-0.25, -0.2) is 0 Å². The molecule has 1 unspecified atom stereocenters. The standard InChI is InChI=1S/C10H16N2O/c1-4-8(7(2)3)12-9(13)10(11)5-6-10/h1,7-8H,5-6,11H2,2-3H3,(H,12,13). The van der Waals surface area contributed by atoms with Gasteiger partial charge >= 0.3 is 0 Å². The molecule has 3 nitrogen and oxygen atoms in total. The van der Waals surface area contributed by atoms with Gasteiger partial charge in [0.1, 0.15) is 0 Å². The van der Waals surface area contributed by atoms with E-state index in [1.54, 1.807) is 0 Å². The number of nitrogens with one attached hydrogen (secondary N) is 1. The fraction of sp³-hybridized carbons (Fsp3) is 0.700. The molecular weight excluding hydrogens is 164 g/mol. The van der Waals surface area contributed by atoms with E-state index >= 15 is 0 Å². The van der Waals surface area contributed by atoms with Crippen LogP contribution in [0.5, 0.6) is 0 Å². The third kappa shape index (κ3) is 2.22. The van der Waals surface area contributed by atoms with Crippen molar-refractivity contribution in [3.63, 3.8) is 0 Å². The van der Waals surface area contributed by atoms with Crippen molar-refractivity contribution in [1.29, 1.82) is 0 Å². The van der Waals surface area contributed by atoms with Gasteiger partial charge in [-0.05, 0) is 18.8 Å². The molecule has 1 fully saturated rings. The van der Waals surface area contributed by atoms with E-state index in [1.165, 1.54) is 0 Å². The maximum Gasteiger partial charge on any atom is 0.241 e. The number of carbonyl (C=O) groups excluding carboxylic acids is 1.